The van der Waals surface area contributed by atoms with E-state index >= 15 is 0 Å². The summed E-state index contributed by atoms with van der Waals surface area (Å²) in [6.45, 7) is 15.5. The number of aliphatic hydroxyl groups excluding tert-OH is 1. The van der Waals surface area contributed by atoms with Gasteiger partial charge in [-0.3, -0.25) is 47.7 Å². The second-order valence-corrected chi connectivity index (χ2v) is 37.0. The molecule has 2 unspecified atom stereocenters. The molecule has 124 heavy (non-hydrogen) atoms. The number of carboxylic acid groups (broad SMARTS) is 2. The van der Waals surface area contributed by atoms with Crippen LogP contribution in [0.5, 0.6) is 0 Å². The second kappa shape index (κ2) is 41.3. The Morgan fingerprint density at radius 3 is 2.19 bits per heavy atom. The molecule has 4 aliphatic carbocycles. The van der Waals surface area contributed by atoms with E-state index in [9.17, 15) is 72.6 Å². The second-order valence-electron chi connectivity index (χ2n) is 33.8. The van der Waals surface area contributed by atoms with Crippen LogP contribution in [0, 0.1) is 36.0 Å². The van der Waals surface area contributed by atoms with Gasteiger partial charge in [-0.05, 0) is 174 Å². The van der Waals surface area contributed by atoms with Crippen molar-refractivity contribution in [2.24, 2.45) is 27.9 Å². The number of hydrogen-bond acceptors (Lipinski definition) is 26. The molecule has 6 aliphatic rings. The van der Waals surface area contributed by atoms with Crippen molar-refractivity contribution in [1.29, 1.82) is 0 Å². The summed E-state index contributed by atoms with van der Waals surface area (Å²) in [4.78, 5) is 161. The summed E-state index contributed by atoms with van der Waals surface area (Å²) in [5, 5.41) is 62.8. The molecule has 11 N–H and O–H groups in total. The summed E-state index contributed by atoms with van der Waals surface area (Å²) in [5.41, 5.74) is 9.41. The van der Waals surface area contributed by atoms with E-state index in [1.165, 1.54) is 40.3 Å². The van der Waals surface area contributed by atoms with Crippen LogP contribution in [0.15, 0.2) is 72.9 Å². The molecule has 670 valence electrons. The molecule has 2 aromatic carbocycles. The first-order valence-electron chi connectivity index (χ1n) is 42.1. The van der Waals surface area contributed by atoms with E-state index in [0.29, 0.717) is 58.8 Å². The van der Waals surface area contributed by atoms with Crippen LogP contribution in [0.4, 0.5) is 37.9 Å². The number of aliphatic hydroxyl groups is 1. The molecule has 4 aromatic heterocycles. The van der Waals surface area contributed by atoms with Crippen molar-refractivity contribution in [2.45, 2.75) is 195 Å². The number of fused-ring (bicyclic) bond motifs is 2. The number of nitrogens with one attached hydrogen (secondary N) is 6. The number of nitrogens with two attached hydrogens (primary N) is 1. The van der Waals surface area contributed by atoms with Crippen LogP contribution >= 0.6 is 18.9 Å². The zero-order valence-electron chi connectivity index (χ0n) is 71.6. The number of benzene rings is 2. The van der Waals surface area contributed by atoms with Crippen molar-refractivity contribution in [3.05, 3.63) is 107 Å². The maximum absolute atomic E-state index is 14.6. The summed E-state index contributed by atoms with van der Waals surface area (Å²) in [7, 11) is -2.15. The number of aromatic nitrogens is 6. The van der Waals surface area contributed by atoms with Gasteiger partial charge in [0.25, 0.3) is 11.8 Å². The molecule has 0 saturated heterocycles. The maximum Gasteiger partial charge on any atom is 0.410 e. The fourth-order valence-electron chi connectivity index (χ4n) is 18.7. The summed E-state index contributed by atoms with van der Waals surface area (Å²) in [5.74, 6) is -6.13. The first kappa shape index (κ1) is 93.8. The van der Waals surface area contributed by atoms with Gasteiger partial charge in [0.15, 0.2) is 22.5 Å². The highest BCUT2D eigenvalue weighted by Crippen LogP contribution is 2.72. The summed E-state index contributed by atoms with van der Waals surface area (Å²) in [6.07, 6.45) is 8.67. The monoisotopic (exact) mass is 1760 g/mol. The Morgan fingerprint density at radius 2 is 1.51 bits per heavy atom. The molecule has 2 aliphatic heterocycles. The number of urea groups is 1. The first-order valence-corrected chi connectivity index (χ1v) is 44.6. The minimum Gasteiger partial charge on any atom is -0.480 e. The third-order valence-corrected chi connectivity index (χ3v) is 26.4. The highest BCUT2D eigenvalue weighted by atomic mass is 32.1. The van der Waals surface area contributed by atoms with Gasteiger partial charge in [-0.1, -0.05) is 57.2 Å². The van der Waals surface area contributed by atoms with Crippen LogP contribution in [0.2, 0.25) is 0 Å². The Labute approximate surface area is 722 Å². The van der Waals surface area contributed by atoms with Crippen LogP contribution in [-0.2, 0) is 92.3 Å². The molecule has 4 bridgehead atoms. The number of carbonyl (C=O) groups is 11. The van der Waals surface area contributed by atoms with E-state index in [1.54, 1.807) is 46.0 Å². The Kier molecular flexibility index (Phi) is 31.2. The van der Waals surface area contributed by atoms with Crippen molar-refractivity contribution in [2.75, 3.05) is 101 Å². The number of rotatable bonds is 46. The van der Waals surface area contributed by atoms with Crippen molar-refractivity contribution < 1.29 is 95.9 Å². The smallest absolute Gasteiger partial charge is 0.410 e. The van der Waals surface area contributed by atoms with Crippen molar-refractivity contribution in [3.8, 4) is 11.1 Å². The van der Waals surface area contributed by atoms with E-state index < -0.39 is 116 Å². The summed E-state index contributed by atoms with van der Waals surface area (Å²) in [6, 6.07) is 11.0. The van der Waals surface area contributed by atoms with Crippen molar-refractivity contribution >= 4 is 123 Å². The number of primary amides is 1. The number of amides is 10. The number of aromatic carboxylic acids is 1. The molecule has 12 rings (SSSR count). The highest BCUT2D eigenvalue weighted by molar-refractivity contribution is 7.53. The molecule has 6 aromatic rings. The van der Waals surface area contributed by atoms with E-state index in [-0.39, 0.29) is 150 Å². The van der Waals surface area contributed by atoms with Crippen LogP contribution in [0.1, 0.15) is 170 Å². The standard InChI is InChI=1S/C85H114N17O20PS/c1-10-121-123(117,122-11-2)39-16-22-66(104)90-63(77(111)112)41-70(108)98(9)43-56-40-57(89-75(109)62(20-14-30-87-79(86)115)91-76(110)71(52(3)4)94-67(105)29-36-118-37-34-101-68(106)27-28-69(101)107)24-23-55(56)44-119-81(116)99(31-17-35-103)33-38-120-85-48-82(7)45-83(8,49-85)47-84(46-82,50-85)51-102-54(6)60(42-88-102)59-25-26-65(93-72(59)78(113)114)100-32-15-18-58-53(5)73(96-97-74(58)100)95-80-92-61-19-12-13-21-64(61)124-80/h12-13,19,21,23-28,40,42,52,62-63,71,103H,10-11,14-18,20,22,29-39,41,43-51H2,1-9H3,(H,89,109)(H,90,104)(H,91,110)(H,94,105)(H,111,112)(H,113,114)(H3,86,87,115)(H,92,95,96)/t62-,63-,71-,82?,83?,84?,85?/m0/s1. The number of nitrogens with zero attached hydrogens (tertiary/aromatic N) is 10. The first-order chi connectivity index (χ1) is 59.0. The Hall–Kier alpha value is -10.9. The van der Waals surface area contributed by atoms with Gasteiger partial charge < -0.3 is 90.9 Å². The maximum atomic E-state index is 14.6. The van der Waals surface area contributed by atoms with Crippen molar-refractivity contribution in [1.82, 2.24) is 65.9 Å². The van der Waals surface area contributed by atoms with E-state index in [4.69, 9.17) is 44.1 Å². The number of aliphatic carboxylic acids is 1. The molecule has 0 spiro atoms. The lowest BCUT2D eigenvalue weighted by Gasteiger charge is -2.69. The molecule has 4 saturated carbocycles. The molecular formula is C85H114N17O20PS. The number of thiazole rings is 1. The number of anilines is 5. The third-order valence-electron chi connectivity index (χ3n) is 23.3. The lowest BCUT2D eigenvalue weighted by molar-refractivity contribution is -0.248. The molecule has 10 amide bonds. The van der Waals surface area contributed by atoms with Gasteiger partial charge in [0.1, 0.15) is 30.6 Å². The van der Waals surface area contributed by atoms with Crippen LogP contribution < -0.4 is 42.5 Å². The molecule has 4 fully saturated rings. The van der Waals surface area contributed by atoms with Crippen LogP contribution in [0.25, 0.3) is 21.3 Å². The lowest BCUT2D eigenvalue weighted by Crippen LogP contribution is -2.64. The SMILES string of the molecule is CCOP(=O)(CCCC(=O)N[C@@H](CC(=O)N(C)Cc1cc(NC(=O)[C@H](CCCNC(N)=O)NC(=O)[C@@H](NC(=O)CCOCCN2C(=O)C=CC2=O)C(C)C)ccc1COC(=O)N(CCCO)CCOC12CC3(C)CC(C)(CC(Cn4ncc(-c5ccc(N6CCCc7c6nnc(Nc6nc8ccccc8s6)c7C)nc5C(=O)O)c4C)(C3)C1)C2)C(=O)O)OCC. The number of imide groups is 1. The summed E-state index contributed by atoms with van der Waals surface area (Å²) < 4.78 is 45.5. The fourth-order valence-corrected chi connectivity index (χ4v) is 21.2. The topological polar surface area (TPSA) is 492 Å². The number of carboxylic acids is 2. The van der Waals surface area contributed by atoms with Gasteiger partial charge in [-0.25, -0.2) is 29.1 Å². The summed E-state index contributed by atoms with van der Waals surface area (Å²) >= 11 is 1.52. The zero-order valence-corrected chi connectivity index (χ0v) is 73.3. The van der Waals surface area contributed by atoms with E-state index in [1.807, 2.05) is 53.8 Å². The number of carbonyl (C=O) groups excluding carboxylic acids is 9. The van der Waals surface area contributed by atoms with Gasteiger partial charge in [0.2, 0.25) is 29.5 Å². The lowest BCUT2D eigenvalue weighted by atomic mass is 9.39. The van der Waals surface area contributed by atoms with Gasteiger partial charge in [0, 0.05) is 112 Å². The molecular weight excluding hydrogens is 1640 g/mol. The number of para-hydroxylation sites is 1. The van der Waals surface area contributed by atoms with Gasteiger partial charge in [0.05, 0.1) is 74.2 Å². The van der Waals surface area contributed by atoms with Crippen LogP contribution in [0.3, 0.4) is 0 Å². The predicted molar refractivity (Wildman–Crippen MR) is 458 cm³/mol. The fraction of sp³-hybridized carbons (Fsp3) is 0.553. The molecule has 37 nitrogen and oxygen atoms in total. The molecule has 6 heterocycles. The average Bonchev–Trinajstić information content (AvgIpc) is 0.948. The van der Waals surface area contributed by atoms with Crippen LogP contribution in [-0.4, -0.2) is 235 Å². The third kappa shape index (κ3) is 23.8. The Balaban J connectivity index is 0.771. The van der Waals surface area contributed by atoms with E-state index in [2.05, 4.69) is 55.9 Å². The Morgan fingerprint density at radius 1 is 0.782 bits per heavy atom. The Bertz CT molecular complexity index is 4960. The van der Waals surface area contributed by atoms with Crippen molar-refractivity contribution in [3.63, 3.8) is 0 Å². The number of hydrogen-bond donors (Lipinski definition) is 10. The average molecular weight is 1760 g/mol. The quantitative estimate of drug-likeness (QED) is 0.00967. The normalized spacial score (nSPS) is 19.6. The number of pyridine rings is 1. The van der Waals surface area contributed by atoms with E-state index in [0.717, 1.165) is 89.0 Å². The largest absolute Gasteiger partial charge is 0.480 e. The molecule has 5 atom stereocenters. The number of ether oxygens (including phenoxy) is 3. The van der Waals surface area contributed by atoms with Gasteiger partial charge >= 0.3 is 31.7 Å². The molecule has 0 radical (unpaired) electrons. The highest BCUT2D eigenvalue weighted by Gasteiger charge is 2.66. The minimum atomic E-state index is -3.53. The predicted octanol–water partition coefficient (Wildman–Crippen LogP) is 8.95. The zero-order chi connectivity index (χ0) is 89.4. The molecule has 39 heteroatoms. The van der Waals surface area contributed by atoms with Gasteiger partial charge in [-0.15, -0.1) is 10.2 Å². The minimum absolute atomic E-state index is 0.00676. The van der Waals surface area contributed by atoms with Gasteiger partial charge in [-0.2, -0.15) is 5.10 Å².